The summed E-state index contributed by atoms with van der Waals surface area (Å²) < 4.78 is 6.66. The van der Waals surface area contributed by atoms with Crippen LogP contribution in [0.25, 0.3) is 11.3 Å². The number of carbonyl (C=O) groups excluding carboxylic acids is 2. The van der Waals surface area contributed by atoms with Crippen molar-refractivity contribution in [3.63, 3.8) is 0 Å². The van der Waals surface area contributed by atoms with Crippen molar-refractivity contribution >= 4 is 12.1 Å². The molecular weight excluding hydrogens is 442 g/mol. The number of carbonyl (C=O) groups is 2. The molecule has 1 atom stereocenters. The van der Waals surface area contributed by atoms with E-state index in [4.69, 9.17) is 11.2 Å². The number of aryl methyl sites for hydroxylation is 1. The highest BCUT2D eigenvalue weighted by Gasteiger charge is 2.34. The van der Waals surface area contributed by atoms with Crippen molar-refractivity contribution in [1.82, 2.24) is 24.8 Å². The van der Waals surface area contributed by atoms with Crippen molar-refractivity contribution in [3.8, 4) is 23.6 Å². The molecule has 3 aromatic rings. The van der Waals surface area contributed by atoms with Gasteiger partial charge in [0.15, 0.2) is 0 Å². The largest absolute Gasteiger partial charge is 0.449 e. The number of amides is 2. The van der Waals surface area contributed by atoms with E-state index in [1.54, 1.807) is 16.0 Å². The Morgan fingerprint density at radius 2 is 1.89 bits per heavy atom. The normalized spacial score (nSPS) is 15.5. The first-order valence-corrected chi connectivity index (χ1v) is 11.7. The smallest absolute Gasteiger partial charge is 0.409 e. The predicted octanol–water partition coefficient (Wildman–Crippen LogP) is 4.00. The van der Waals surface area contributed by atoms with Gasteiger partial charge in [0.05, 0.1) is 18.8 Å². The monoisotopic (exact) mass is 471 g/mol. The number of aromatic nitrogens is 3. The first-order chi connectivity index (χ1) is 17.0. The molecule has 180 valence electrons. The van der Waals surface area contributed by atoms with Crippen molar-refractivity contribution in [2.75, 3.05) is 26.2 Å². The number of nitrogens with zero attached hydrogens (tertiary/aromatic N) is 5. The second kappa shape index (κ2) is 11.3. The van der Waals surface area contributed by atoms with Gasteiger partial charge in [0.1, 0.15) is 5.69 Å². The third-order valence-corrected chi connectivity index (χ3v) is 6.03. The van der Waals surface area contributed by atoms with E-state index in [1.807, 2.05) is 61.5 Å². The predicted molar refractivity (Wildman–Crippen MR) is 133 cm³/mol. The van der Waals surface area contributed by atoms with Gasteiger partial charge in [-0.2, -0.15) is 4.68 Å². The highest BCUT2D eigenvalue weighted by atomic mass is 16.6. The van der Waals surface area contributed by atoms with Crippen molar-refractivity contribution in [2.24, 2.45) is 0 Å². The molecule has 1 unspecified atom stereocenters. The Bertz CT molecular complexity index is 1180. The average molecular weight is 472 g/mol. The molecule has 2 aromatic carbocycles. The molecule has 0 saturated carbocycles. The van der Waals surface area contributed by atoms with E-state index in [0.29, 0.717) is 44.6 Å². The summed E-state index contributed by atoms with van der Waals surface area (Å²) >= 11 is 0. The Morgan fingerprint density at radius 3 is 2.63 bits per heavy atom. The summed E-state index contributed by atoms with van der Waals surface area (Å²) in [6, 6.07) is 17.3. The number of benzene rings is 2. The van der Waals surface area contributed by atoms with E-state index in [2.05, 4.69) is 16.2 Å². The van der Waals surface area contributed by atoms with Crippen LogP contribution >= 0.6 is 0 Å². The summed E-state index contributed by atoms with van der Waals surface area (Å²) in [5.41, 5.74) is 3.76. The molecule has 35 heavy (non-hydrogen) atoms. The van der Waals surface area contributed by atoms with Crippen LogP contribution in [0.15, 0.2) is 60.8 Å². The number of unbranched alkanes of at least 4 members (excludes halogenated alkanes) is 1. The van der Waals surface area contributed by atoms with Crippen LogP contribution < -0.4 is 0 Å². The number of rotatable bonds is 6. The van der Waals surface area contributed by atoms with Crippen molar-refractivity contribution < 1.29 is 14.3 Å². The van der Waals surface area contributed by atoms with Crippen LogP contribution in [0.1, 0.15) is 24.0 Å². The molecule has 0 aliphatic carbocycles. The van der Waals surface area contributed by atoms with Crippen molar-refractivity contribution in [2.45, 2.75) is 32.2 Å². The number of ether oxygens (including phenoxy) is 1. The van der Waals surface area contributed by atoms with E-state index in [9.17, 15) is 9.59 Å². The van der Waals surface area contributed by atoms with Gasteiger partial charge in [-0.1, -0.05) is 65.4 Å². The minimum absolute atomic E-state index is 0.232. The minimum atomic E-state index is -0.380. The summed E-state index contributed by atoms with van der Waals surface area (Å²) in [6.07, 6.45) is 8.33. The molecule has 1 aliphatic heterocycles. The van der Waals surface area contributed by atoms with E-state index < -0.39 is 0 Å². The van der Waals surface area contributed by atoms with Crippen LogP contribution in [0.3, 0.4) is 0 Å². The molecule has 0 N–H and O–H groups in total. The molecule has 1 aromatic heterocycles. The zero-order valence-electron chi connectivity index (χ0n) is 19.8. The number of hydrogen-bond acceptors (Lipinski definition) is 5. The Morgan fingerprint density at radius 1 is 1.11 bits per heavy atom. The fraction of sp³-hybridized carbons (Fsp3) is 0.333. The molecule has 8 nitrogen and oxygen atoms in total. The van der Waals surface area contributed by atoms with Crippen LogP contribution in [0.5, 0.6) is 0 Å². The van der Waals surface area contributed by atoms with Crippen molar-refractivity contribution in [3.05, 3.63) is 71.9 Å². The van der Waals surface area contributed by atoms with Gasteiger partial charge in [0.25, 0.3) is 0 Å². The number of terminal acetylenes is 1. The lowest BCUT2D eigenvalue weighted by molar-refractivity contribution is 0.0611. The van der Waals surface area contributed by atoms with Gasteiger partial charge in [-0.25, -0.2) is 9.59 Å². The maximum Gasteiger partial charge on any atom is 0.409 e. The standard InChI is InChI=1S/C27H29N5O3/c1-3-4-8-17-35-27(34)30-15-16-31(24(19-30)18-22-9-6-5-7-10-22)26(33)32-20-25(28-29-32)23-13-11-21(2)12-14-23/h1,5-7,9-14,20,24H,4,8,15-19H2,2H3. The molecule has 2 amide bonds. The van der Waals surface area contributed by atoms with Crippen LogP contribution in [-0.2, 0) is 11.2 Å². The zero-order chi connectivity index (χ0) is 24.6. The third kappa shape index (κ3) is 6.07. The minimum Gasteiger partial charge on any atom is -0.449 e. The molecule has 1 fully saturated rings. The molecule has 0 radical (unpaired) electrons. The summed E-state index contributed by atoms with van der Waals surface area (Å²) in [7, 11) is 0. The molecule has 4 rings (SSSR count). The van der Waals surface area contributed by atoms with E-state index in [1.165, 1.54) is 4.68 Å². The highest BCUT2D eigenvalue weighted by Crippen LogP contribution is 2.20. The molecule has 8 heteroatoms. The lowest BCUT2D eigenvalue weighted by Gasteiger charge is -2.40. The first-order valence-electron chi connectivity index (χ1n) is 11.7. The molecule has 2 heterocycles. The van der Waals surface area contributed by atoms with Gasteiger partial charge in [-0.3, -0.25) is 0 Å². The van der Waals surface area contributed by atoms with Gasteiger partial charge in [-0.15, -0.1) is 17.4 Å². The van der Waals surface area contributed by atoms with Crippen LogP contribution in [0, 0.1) is 19.3 Å². The maximum absolute atomic E-state index is 13.5. The molecule has 0 spiro atoms. The third-order valence-electron chi connectivity index (χ3n) is 6.03. The second-order valence-electron chi connectivity index (χ2n) is 8.60. The first kappa shape index (κ1) is 24.0. The lowest BCUT2D eigenvalue weighted by Crippen LogP contribution is -2.58. The van der Waals surface area contributed by atoms with Crippen LogP contribution in [0.2, 0.25) is 0 Å². The molecule has 0 bridgehead atoms. The van der Waals surface area contributed by atoms with Gasteiger partial charge >= 0.3 is 12.1 Å². The summed E-state index contributed by atoms with van der Waals surface area (Å²) in [6.45, 7) is 3.42. The molecule has 1 saturated heterocycles. The summed E-state index contributed by atoms with van der Waals surface area (Å²) in [5.74, 6) is 2.54. The SMILES string of the molecule is C#CCCCOC(=O)N1CCN(C(=O)n2cc(-c3ccc(C)cc3)nn2)C(Cc2ccccc2)C1. The fourth-order valence-corrected chi connectivity index (χ4v) is 4.10. The highest BCUT2D eigenvalue weighted by molar-refractivity contribution is 5.78. The van der Waals surface area contributed by atoms with E-state index in [-0.39, 0.29) is 24.8 Å². The lowest BCUT2D eigenvalue weighted by atomic mass is 10.0. The van der Waals surface area contributed by atoms with Crippen LogP contribution in [0.4, 0.5) is 9.59 Å². The van der Waals surface area contributed by atoms with Gasteiger partial charge < -0.3 is 14.5 Å². The van der Waals surface area contributed by atoms with E-state index >= 15 is 0 Å². The van der Waals surface area contributed by atoms with E-state index in [0.717, 1.165) is 16.7 Å². The Labute approximate surface area is 205 Å². The van der Waals surface area contributed by atoms with Gasteiger partial charge in [0, 0.05) is 31.6 Å². The Hall–Kier alpha value is -4.12. The maximum atomic E-state index is 13.5. The number of hydrogen-bond donors (Lipinski definition) is 0. The second-order valence-corrected chi connectivity index (χ2v) is 8.60. The quantitative estimate of drug-likeness (QED) is 0.401. The van der Waals surface area contributed by atoms with Gasteiger partial charge in [-0.05, 0) is 25.3 Å². The Kier molecular flexibility index (Phi) is 7.78. The average Bonchev–Trinajstić information content (AvgIpc) is 3.37. The molecule has 1 aliphatic rings. The van der Waals surface area contributed by atoms with Crippen LogP contribution in [-0.4, -0.2) is 69.2 Å². The Balaban J connectivity index is 1.49. The fourth-order valence-electron chi connectivity index (χ4n) is 4.10. The summed E-state index contributed by atoms with van der Waals surface area (Å²) in [4.78, 5) is 29.5. The summed E-state index contributed by atoms with van der Waals surface area (Å²) in [5, 5.41) is 8.30. The topological polar surface area (TPSA) is 80.6 Å². The van der Waals surface area contributed by atoms with Gasteiger partial charge in [0.2, 0.25) is 0 Å². The number of piperazine rings is 1. The molecular formula is C27H29N5O3. The zero-order valence-corrected chi connectivity index (χ0v) is 19.8. The van der Waals surface area contributed by atoms with Crippen molar-refractivity contribution in [1.29, 1.82) is 0 Å².